The summed E-state index contributed by atoms with van der Waals surface area (Å²) in [6.07, 6.45) is 0. The van der Waals surface area contributed by atoms with Crippen molar-refractivity contribution in [3.05, 3.63) is 243 Å². The molecule has 0 amide bonds. The number of rotatable bonds is 7. The van der Waals surface area contributed by atoms with Gasteiger partial charge in [-0.05, 0) is 109 Å². The Balaban J connectivity index is 1.03. The smallest absolute Gasteiger partial charge is 0.0541 e. The molecule has 0 aliphatic carbocycles. The van der Waals surface area contributed by atoms with E-state index in [1.807, 2.05) is 0 Å². The van der Waals surface area contributed by atoms with E-state index in [9.17, 15) is 0 Å². The lowest BCUT2D eigenvalue weighted by molar-refractivity contribution is 1.18. The Bertz CT molecular complexity index is 3590. The molecule has 0 spiro atoms. The summed E-state index contributed by atoms with van der Waals surface area (Å²) < 4.78 is 2.39. The van der Waals surface area contributed by atoms with Crippen molar-refractivity contribution >= 4 is 71.2 Å². The molecule has 2 nitrogen and oxygen atoms in total. The van der Waals surface area contributed by atoms with Crippen molar-refractivity contribution in [1.29, 1.82) is 0 Å². The molecule has 0 fully saturated rings. The molecule has 12 aromatic rings. The number of hydrogen-bond acceptors (Lipinski definition) is 1. The van der Waals surface area contributed by atoms with E-state index in [0.717, 1.165) is 28.3 Å². The van der Waals surface area contributed by atoms with Crippen molar-refractivity contribution in [3.8, 4) is 39.1 Å². The molecule has 11 aromatic carbocycles. The highest BCUT2D eigenvalue weighted by Gasteiger charge is 2.22. The minimum absolute atomic E-state index is 1.09. The molecule has 1 heterocycles. The van der Waals surface area contributed by atoms with Crippen molar-refractivity contribution in [2.75, 3.05) is 4.90 Å². The monoisotopic (exact) mass is 788 g/mol. The molecule has 0 atom stereocenters. The lowest BCUT2D eigenvalue weighted by atomic mass is 9.93. The molecule has 0 saturated heterocycles. The van der Waals surface area contributed by atoms with E-state index in [0.29, 0.717) is 0 Å². The third-order valence-electron chi connectivity index (χ3n) is 12.6. The van der Waals surface area contributed by atoms with Crippen LogP contribution in [0.1, 0.15) is 0 Å². The van der Waals surface area contributed by atoms with Gasteiger partial charge in [-0.25, -0.2) is 0 Å². The Hall–Kier alpha value is -8.20. The summed E-state index contributed by atoms with van der Waals surface area (Å²) in [5.74, 6) is 0. The Morgan fingerprint density at radius 3 is 1.65 bits per heavy atom. The van der Waals surface area contributed by atoms with E-state index in [1.165, 1.54) is 81.9 Å². The molecular formula is C60H40N2. The molecule has 0 saturated carbocycles. The molecule has 0 aliphatic rings. The predicted octanol–water partition coefficient (Wildman–Crippen LogP) is 16.7. The largest absolute Gasteiger partial charge is 0.309 e. The second-order valence-electron chi connectivity index (χ2n) is 16.1. The Kier molecular flexibility index (Phi) is 8.53. The normalized spacial score (nSPS) is 11.5. The van der Waals surface area contributed by atoms with Crippen molar-refractivity contribution in [2.45, 2.75) is 0 Å². The first-order valence-corrected chi connectivity index (χ1v) is 21.3. The van der Waals surface area contributed by atoms with Crippen LogP contribution in [-0.2, 0) is 0 Å². The van der Waals surface area contributed by atoms with Crippen LogP contribution < -0.4 is 4.90 Å². The fourth-order valence-corrected chi connectivity index (χ4v) is 9.68. The molecule has 12 rings (SSSR count). The highest BCUT2D eigenvalue weighted by atomic mass is 15.1. The zero-order chi connectivity index (χ0) is 41.0. The molecular weight excluding hydrogens is 749 g/mol. The zero-order valence-corrected chi connectivity index (χ0v) is 34.0. The van der Waals surface area contributed by atoms with Crippen molar-refractivity contribution in [2.24, 2.45) is 0 Å². The maximum absolute atomic E-state index is 2.46. The zero-order valence-electron chi connectivity index (χ0n) is 34.0. The standard InChI is InChI=1S/C60H40N2/c1-2-17-44-39-46(32-31-41(44)15-1)50-37-38-60(54-23-6-5-22-51(50)54)61(57-28-10-7-24-53(57)52-27-14-18-43-16-3-4-21-49(43)52)47-35-33-42(34-36-47)45-19-13-20-48(40-45)62-58-29-11-8-25-55(58)56-26-9-12-30-59(56)62/h1-40H. The maximum atomic E-state index is 2.46. The lowest BCUT2D eigenvalue weighted by Gasteiger charge is -2.30. The first-order valence-electron chi connectivity index (χ1n) is 21.3. The van der Waals surface area contributed by atoms with Gasteiger partial charge in [0.1, 0.15) is 0 Å². The number of aromatic nitrogens is 1. The van der Waals surface area contributed by atoms with Crippen LogP contribution in [0.2, 0.25) is 0 Å². The number of nitrogens with zero attached hydrogens (tertiary/aromatic N) is 2. The molecule has 62 heavy (non-hydrogen) atoms. The second-order valence-corrected chi connectivity index (χ2v) is 16.1. The summed E-state index contributed by atoms with van der Waals surface area (Å²) in [6, 6.07) is 88.6. The third kappa shape index (κ3) is 5.96. The highest BCUT2D eigenvalue weighted by molar-refractivity contribution is 6.10. The molecule has 1 aromatic heterocycles. The minimum atomic E-state index is 1.09. The van der Waals surface area contributed by atoms with Crippen LogP contribution in [0.3, 0.4) is 0 Å². The minimum Gasteiger partial charge on any atom is -0.309 e. The molecule has 0 aliphatic heterocycles. The van der Waals surface area contributed by atoms with Crippen LogP contribution in [0, 0.1) is 0 Å². The van der Waals surface area contributed by atoms with Gasteiger partial charge in [-0.2, -0.15) is 0 Å². The quantitative estimate of drug-likeness (QED) is 0.156. The summed E-state index contributed by atoms with van der Waals surface area (Å²) in [7, 11) is 0. The van der Waals surface area contributed by atoms with E-state index < -0.39 is 0 Å². The van der Waals surface area contributed by atoms with Gasteiger partial charge in [0.05, 0.1) is 22.4 Å². The van der Waals surface area contributed by atoms with Crippen LogP contribution in [0.25, 0.3) is 93.2 Å². The van der Waals surface area contributed by atoms with Gasteiger partial charge < -0.3 is 9.47 Å². The van der Waals surface area contributed by atoms with E-state index in [4.69, 9.17) is 0 Å². The van der Waals surface area contributed by atoms with Gasteiger partial charge in [-0.15, -0.1) is 0 Å². The average Bonchev–Trinajstić information content (AvgIpc) is 3.69. The van der Waals surface area contributed by atoms with Gasteiger partial charge in [-0.1, -0.05) is 188 Å². The molecule has 0 unspecified atom stereocenters. The van der Waals surface area contributed by atoms with Gasteiger partial charge in [-0.3, -0.25) is 0 Å². The van der Waals surface area contributed by atoms with Crippen molar-refractivity contribution in [1.82, 2.24) is 4.57 Å². The van der Waals surface area contributed by atoms with E-state index in [-0.39, 0.29) is 0 Å². The molecule has 290 valence electrons. The Morgan fingerprint density at radius 2 is 0.855 bits per heavy atom. The molecule has 0 radical (unpaired) electrons. The molecule has 0 N–H and O–H groups in total. The summed E-state index contributed by atoms with van der Waals surface area (Å²) in [6.45, 7) is 0. The summed E-state index contributed by atoms with van der Waals surface area (Å²) in [5, 5.41) is 9.88. The number of fused-ring (bicyclic) bond motifs is 6. The van der Waals surface area contributed by atoms with Crippen LogP contribution in [0.5, 0.6) is 0 Å². The maximum Gasteiger partial charge on any atom is 0.0541 e. The lowest BCUT2D eigenvalue weighted by Crippen LogP contribution is -2.12. The third-order valence-corrected chi connectivity index (χ3v) is 12.6. The highest BCUT2D eigenvalue weighted by Crippen LogP contribution is 2.47. The fraction of sp³-hybridized carbons (Fsp3) is 0. The van der Waals surface area contributed by atoms with E-state index in [2.05, 4.69) is 252 Å². The van der Waals surface area contributed by atoms with Gasteiger partial charge in [0.25, 0.3) is 0 Å². The van der Waals surface area contributed by atoms with E-state index in [1.54, 1.807) is 0 Å². The van der Waals surface area contributed by atoms with Gasteiger partial charge in [0, 0.05) is 33.1 Å². The first kappa shape index (κ1) is 35.7. The second kappa shape index (κ2) is 14.8. The fourth-order valence-electron chi connectivity index (χ4n) is 9.68. The topological polar surface area (TPSA) is 8.17 Å². The Morgan fingerprint density at radius 1 is 0.274 bits per heavy atom. The number of anilines is 3. The van der Waals surface area contributed by atoms with Crippen LogP contribution >= 0.6 is 0 Å². The molecule has 0 bridgehead atoms. The van der Waals surface area contributed by atoms with Gasteiger partial charge in [0.15, 0.2) is 0 Å². The van der Waals surface area contributed by atoms with Crippen LogP contribution in [0.15, 0.2) is 243 Å². The average molecular weight is 789 g/mol. The number of hydrogen-bond donors (Lipinski definition) is 0. The Labute approximate surface area is 360 Å². The van der Waals surface area contributed by atoms with Crippen molar-refractivity contribution in [3.63, 3.8) is 0 Å². The SMILES string of the molecule is c1cc(-c2ccc(N(c3ccccc3-c3cccc4ccccc34)c3ccc(-c4ccc5ccccc5c4)c4ccccc34)cc2)cc(-n2c3ccccc3c3ccccc32)c1. The summed E-state index contributed by atoms with van der Waals surface area (Å²) >= 11 is 0. The van der Waals surface area contributed by atoms with Crippen LogP contribution in [-0.4, -0.2) is 4.57 Å². The summed E-state index contributed by atoms with van der Waals surface area (Å²) in [5.41, 5.74) is 14.0. The van der Waals surface area contributed by atoms with Gasteiger partial charge in [0.2, 0.25) is 0 Å². The van der Waals surface area contributed by atoms with E-state index >= 15 is 0 Å². The van der Waals surface area contributed by atoms with Crippen molar-refractivity contribution < 1.29 is 0 Å². The van der Waals surface area contributed by atoms with Gasteiger partial charge >= 0.3 is 0 Å². The predicted molar refractivity (Wildman–Crippen MR) is 264 cm³/mol. The number of para-hydroxylation sites is 3. The number of benzene rings is 11. The summed E-state index contributed by atoms with van der Waals surface area (Å²) in [4.78, 5) is 2.46. The van der Waals surface area contributed by atoms with Crippen LogP contribution in [0.4, 0.5) is 17.1 Å². The first-order chi connectivity index (χ1) is 30.8. The molecule has 2 heteroatoms.